The highest BCUT2D eigenvalue weighted by Gasteiger charge is 2.44. The van der Waals surface area contributed by atoms with E-state index in [1.165, 1.54) is 4.31 Å². The van der Waals surface area contributed by atoms with Crippen LogP contribution < -0.4 is 4.90 Å². The summed E-state index contributed by atoms with van der Waals surface area (Å²) in [4.78, 5) is 17.9. The lowest BCUT2D eigenvalue weighted by atomic mass is 9.88. The van der Waals surface area contributed by atoms with Gasteiger partial charge in [-0.25, -0.2) is 12.7 Å². The zero-order chi connectivity index (χ0) is 25.1. The van der Waals surface area contributed by atoms with Crippen LogP contribution in [0.4, 0.5) is 5.69 Å². The van der Waals surface area contributed by atoms with Crippen LogP contribution in [0.15, 0.2) is 84.9 Å². The average Bonchev–Trinajstić information content (AvgIpc) is 3.36. The van der Waals surface area contributed by atoms with E-state index in [9.17, 15) is 13.2 Å². The van der Waals surface area contributed by atoms with E-state index in [0.29, 0.717) is 24.7 Å². The number of carbonyl (C=O) groups is 1. The first-order chi connectivity index (χ1) is 17.4. The SMILES string of the molecule is O=C(C1CN(S(=O)(=O)Cc2ccccc2)CC1c1ccccc1)N1CCN(c2ccc(Cl)cc2)CC1. The number of hydrogen-bond acceptors (Lipinski definition) is 4. The number of nitrogens with zero attached hydrogens (tertiary/aromatic N) is 3. The quantitative estimate of drug-likeness (QED) is 0.485. The molecule has 8 heteroatoms. The Morgan fingerprint density at radius 1 is 0.806 bits per heavy atom. The van der Waals surface area contributed by atoms with Crippen LogP contribution in [0.2, 0.25) is 5.02 Å². The van der Waals surface area contributed by atoms with E-state index in [1.807, 2.05) is 89.8 Å². The maximum absolute atomic E-state index is 13.8. The third kappa shape index (κ3) is 5.43. The Morgan fingerprint density at radius 3 is 2.06 bits per heavy atom. The fourth-order valence-corrected chi connectivity index (χ4v) is 6.93. The van der Waals surface area contributed by atoms with Crippen LogP contribution in [0.5, 0.6) is 0 Å². The first-order valence-electron chi connectivity index (χ1n) is 12.3. The lowest BCUT2D eigenvalue weighted by molar-refractivity contribution is -0.135. The molecule has 188 valence electrons. The van der Waals surface area contributed by atoms with Crippen molar-refractivity contribution in [2.24, 2.45) is 5.92 Å². The summed E-state index contributed by atoms with van der Waals surface area (Å²) < 4.78 is 28.2. The summed E-state index contributed by atoms with van der Waals surface area (Å²) in [7, 11) is -3.56. The molecule has 6 nitrogen and oxygen atoms in total. The van der Waals surface area contributed by atoms with Crippen LogP contribution in [-0.2, 0) is 20.6 Å². The number of sulfonamides is 1. The van der Waals surface area contributed by atoms with Gasteiger partial charge in [-0.05, 0) is 35.4 Å². The molecule has 5 rings (SSSR count). The van der Waals surface area contributed by atoms with E-state index in [-0.39, 0.29) is 24.1 Å². The van der Waals surface area contributed by atoms with Gasteiger partial charge in [0.25, 0.3) is 0 Å². The van der Waals surface area contributed by atoms with Gasteiger partial charge in [-0.3, -0.25) is 4.79 Å². The van der Waals surface area contributed by atoms with Gasteiger partial charge < -0.3 is 9.80 Å². The zero-order valence-electron chi connectivity index (χ0n) is 20.0. The molecule has 2 aliphatic heterocycles. The largest absolute Gasteiger partial charge is 0.368 e. The minimum Gasteiger partial charge on any atom is -0.368 e. The molecule has 3 aromatic carbocycles. The third-order valence-corrected chi connectivity index (χ3v) is 9.23. The third-order valence-electron chi connectivity index (χ3n) is 7.20. The minimum absolute atomic E-state index is 0.0389. The van der Waals surface area contributed by atoms with E-state index >= 15 is 0 Å². The topological polar surface area (TPSA) is 60.9 Å². The molecule has 0 aromatic heterocycles. The van der Waals surface area contributed by atoms with Gasteiger partial charge >= 0.3 is 0 Å². The van der Waals surface area contributed by atoms with Crippen LogP contribution in [0.1, 0.15) is 17.0 Å². The minimum atomic E-state index is -3.56. The fraction of sp³-hybridized carbons (Fsp3) is 0.321. The first-order valence-corrected chi connectivity index (χ1v) is 14.3. The second-order valence-corrected chi connectivity index (χ2v) is 11.9. The van der Waals surface area contributed by atoms with Crippen molar-refractivity contribution < 1.29 is 13.2 Å². The van der Waals surface area contributed by atoms with Crippen molar-refractivity contribution >= 4 is 33.2 Å². The van der Waals surface area contributed by atoms with Crippen LogP contribution in [0, 0.1) is 5.92 Å². The van der Waals surface area contributed by atoms with Crippen molar-refractivity contribution in [2.75, 3.05) is 44.2 Å². The average molecular weight is 524 g/mol. The number of hydrogen-bond donors (Lipinski definition) is 0. The Bertz CT molecular complexity index is 1280. The molecule has 36 heavy (non-hydrogen) atoms. The van der Waals surface area contributed by atoms with Gasteiger partial charge in [-0.2, -0.15) is 0 Å². The van der Waals surface area contributed by atoms with Crippen molar-refractivity contribution in [2.45, 2.75) is 11.7 Å². The highest BCUT2D eigenvalue weighted by molar-refractivity contribution is 7.88. The summed E-state index contributed by atoms with van der Waals surface area (Å²) >= 11 is 6.02. The summed E-state index contributed by atoms with van der Waals surface area (Å²) in [5.74, 6) is -0.591. The second-order valence-electron chi connectivity index (χ2n) is 9.47. The predicted octanol–water partition coefficient (Wildman–Crippen LogP) is 4.23. The van der Waals surface area contributed by atoms with E-state index in [4.69, 9.17) is 11.6 Å². The fourth-order valence-electron chi connectivity index (χ4n) is 5.23. The summed E-state index contributed by atoms with van der Waals surface area (Å²) in [6, 6.07) is 26.8. The molecule has 0 bridgehead atoms. The van der Waals surface area contributed by atoms with Gasteiger partial charge in [-0.1, -0.05) is 72.3 Å². The summed E-state index contributed by atoms with van der Waals surface area (Å²) in [5, 5.41) is 0.701. The molecule has 0 N–H and O–H groups in total. The predicted molar refractivity (Wildman–Crippen MR) is 144 cm³/mol. The molecule has 2 saturated heterocycles. The number of benzene rings is 3. The van der Waals surface area contributed by atoms with Crippen molar-refractivity contribution in [3.63, 3.8) is 0 Å². The Labute approximate surface area is 218 Å². The number of piperazine rings is 1. The van der Waals surface area contributed by atoms with Crippen molar-refractivity contribution in [1.29, 1.82) is 0 Å². The highest BCUT2D eigenvalue weighted by atomic mass is 35.5. The molecule has 2 heterocycles. The number of anilines is 1. The Hall–Kier alpha value is -2.87. The van der Waals surface area contributed by atoms with Crippen LogP contribution in [0.25, 0.3) is 0 Å². The highest BCUT2D eigenvalue weighted by Crippen LogP contribution is 2.36. The van der Waals surface area contributed by atoms with Crippen molar-refractivity contribution in [1.82, 2.24) is 9.21 Å². The van der Waals surface area contributed by atoms with Gasteiger partial charge in [0.2, 0.25) is 15.9 Å². The van der Waals surface area contributed by atoms with Gasteiger partial charge in [0.15, 0.2) is 0 Å². The lowest BCUT2D eigenvalue weighted by Crippen LogP contribution is -2.51. The van der Waals surface area contributed by atoms with Gasteiger partial charge in [-0.15, -0.1) is 0 Å². The molecule has 2 fully saturated rings. The van der Waals surface area contributed by atoms with Gasteiger partial charge in [0, 0.05) is 55.9 Å². The molecule has 0 spiro atoms. The molecule has 2 atom stereocenters. The lowest BCUT2D eigenvalue weighted by Gasteiger charge is -2.37. The van der Waals surface area contributed by atoms with E-state index in [0.717, 1.165) is 29.9 Å². The number of amides is 1. The van der Waals surface area contributed by atoms with Gasteiger partial charge in [0.1, 0.15) is 0 Å². The molecular formula is C28H30ClN3O3S. The molecule has 0 radical (unpaired) electrons. The molecule has 0 saturated carbocycles. The normalized spacial score (nSPS) is 21.0. The van der Waals surface area contributed by atoms with Crippen LogP contribution in [-0.4, -0.2) is 62.8 Å². The number of halogens is 1. The Kier molecular flexibility index (Phi) is 7.32. The number of carbonyl (C=O) groups excluding carboxylic acids is 1. The molecule has 0 aliphatic carbocycles. The zero-order valence-corrected chi connectivity index (χ0v) is 21.6. The molecule has 1 amide bonds. The summed E-state index contributed by atoms with van der Waals surface area (Å²) in [5.41, 5.74) is 2.85. The Balaban J connectivity index is 1.32. The second kappa shape index (κ2) is 10.6. The Morgan fingerprint density at radius 2 is 1.42 bits per heavy atom. The van der Waals surface area contributed by atoms with E-state index in [1.54, 1.807) is 0 Å². The molecular weight excluding hydrogens is 494 g/mol. The maximum Gasteiger partial charge on any atom is 0.227 e. The summed E-state index contributed by atoms with van der Waals surface area (Å²) in [6.45, 7) is 3.20. The van der Waals surface area contributed by atoms with Crippen LogP contribution >= 0.6 is 11.6 Å². The van der Waals surface area contributed by atoms with Crippen molar-refractivity contribution in [3.8, 4) is 0 Å². The maximum atomic E-state index is 13.8. The summed E-state index contributed by atoms with van der Waals surface area (Å²) in [6.07, 6.45) is 0. The standard InChI is InChI=1S/C28H30ClN3O3S/c29-24-11-13-25(14-12-24)30-15-17-31(18-16-30)28(33)27-20-32(19-26(27)23-9-5-2-6-10-23)36(34,35)21-22-7-3-1-4-8-22/h1-14,26-27H,15-21H2. The van der Waals surface area contributed by atoms with Crippen LogP contribution in [0.3, 0.4) is 0 Å². The monoisotopic (exact) mass is 523 g/mol. The van der Waals surface area contributed by atoms with Crippen molar-refractivity contribution in [3.05, 3.63) is 101 Å². The molecule has 2 unspecified atom stereocenters. The first kappa shape index (κ1) is 24.8. The smallest absolute Gasteiger partial charge is 0.227 e. The molecule has 2 aliphatic rings. The van der Waals surface area contributed by atoms with E-state index in [2.05, 4.69) is 4.90 Å². The van der Waals surface area contributed by atoms with Gasteiger partial charge in [0.05, 0.1) is 11.7 Å². The van der Waals surface area contributed by atoms with E-state index < -0.39 is 15.9 Å². The molecule has 3 aromatic rings. The number of rotatable bonds is 6.